The van der Waals surface area contributed by atoms with Crippen LogP contribution in [0.25, 0.3) is 0 Å². The van der Waals surface area contributed by atoms with Crippen LogP contribution in [0.1, 0.15) is 51.5 Å². The summed E-state index contributed by atoms with van der Waals surface area (Å²) < 4.78 is 5.32. The van der Waals surface area contributed by atoms with Crippen molar-refractivity contribution < 1.29 is 14.6 Å². The number of carbonyl (C=O) groups is 1. The van der Waals surface area contributed by atoms with E-state index in [-0.39, 0.29) is 11.7 Å². The number of carbonyl (C=O) groups excluding carboxylic acids is 1. The van der Waals surface area contributed by atoms with E-state index in [2.05, 4.69) is 19.9 Å². The Morgan fingerprint density at radius 3 is 2.90 bits per heavy atom. The number of aromatic hydroxyl groups is 1. The molecule has 1 unspecified atom stereocenters. The van der Waals surface area contributed by atoms with Crippen molar-refractivity contribution in [3.05, 3.63) is 29.8 Å². The minimum absolute atomic E-state index is 0.191. The van der Waals surface area contributed by atoms with E-state index in [1.165, 1.54) is 12.8 Å². The maximum atomic E-state index is 11.7. The van der Waals surface area contributed by atoms with Gasteiger partial charge in [-0.3, -0.25) is 4.79 Å². The van der Waals surface area contributed by atoms with E-state index >= 15 is 0 Å². The molecule has 0 spiro atoms. The van der Waals surface area contributed by atoms with Gasteiger partial charge in [0.1, 0.15) is 5.75 Å². The van der Waals surface area contributed by atoms with Crippen molar-refractivity contribution in [1.29, 1.82) is 0 Å². The molecule has 111 valence electrons. The molecule has 0 saturated heterocycles. The van der Waals surface area contributed by atoms with Gasteiger partial charge in [-0.15, -0.1) is 0 Å². The first kappa shape index (κ1) is 16.5. The molecule has 20 heavy (non-hydrogen) atoms. The lowest BCUT2D eigenvalue weighted by molar-refractivity contribution is -0.145. The molecule has 1 radical (unpaired) electrons. The van der Waals surface area contributed by atoms with E-state index in [1.54, 1.807) is 18.2 Å². The third-order valence-corrected chi connectivity index (χ3v) is 3.55. The number of phenols is 1. The number of hydrogen-bond donors (Lipinski definition) is 1. The van der Waals surface area contributed by atoms with Gasteiger partial charge in [-0.25, -0.2) is 0 Å². The highest BCUT2D eigenvalue weighted by molar-refractivity contribution is 5.69. The lowest BCUT2D eigenvalue weighted by Gasteiger charge is -2.14. The molecule has 0 aliphatic rings. The van der Waals surface area contributed by atoms with Gasteiger partial charge < -0.3 is 9.84 Å². The predicted molar refractivity (Wildman–Crippen MR) is 79.5 cm³/mol. The molecular weight excluding hydrogens is 252 g/mol. The Morgan fingerprint density at radius 1 is 1.45 bits per heavy atom. The molecule has 0 aromatic heterocycles. The highest BCUT2D eigenvalue weighted by Gasteiger charge is 2.11. The zero-order valence-electron chi connectivity index (χ0n) is 12.5. The average Bonchev–Trinajstić information content (AvgIpc) is 2.46. The first-order valence-corrected chi connectivity index (χ1v) is 7.50. The molecular formula is C17H25O3. The van der Waals surface area contributed by atoms with Gasteiger partial charge in [-0.2, -0.15) is 0 Å². The Labute approximate surface area is 122 Å². The average molecular weight is 277 g/mol. The lowest BCUT2D eigenvalue weighted by Crippen LogP contribution is -2.14. The topological polar surface area (TPSA) is 46.5 Å². The number of unbranched alkanes of at least 4 members (excludes halogenated alkanes) is 1. The Kier molecular flexibility index (Phi) is 7.78. The Balaban J connectivity index is 2.28. The summed E-state index contributed by atoms with van der Waals surface area (Å²) in [5, 5.41) is 9.60. The summed E-state index contributed by atoms with van der Waals surface area (Å²) in [5.74, 6) is 0.492. The fourth-order valence-electron chi connectivity index (χ4n) is 2.07. The van der Waals surface area contributed by atoms with Gasteiger partial charge in [0.15, 0.2) is 0 Å². The summed E-state index contributed by atoms with van der Waals surface area (Å²) in [6.07, 6.45) is 5.32. The third kappa shape index (κ3) is 6.09. The summed E-state index contributed by atoms with van der Waals surface area (Å²) in [6.45, 7) is 4.82. The van der Waals surface area contributed by atoms with Gasteiger partial charge in [0.2, 0.25) is 0 Å². The van der Waals surface area contributed by atoms with Crippen molar-refractivity contribution in [1.82, 2.24) is 0 Å². The van der Waals surface area contributed by atoms with Crippen LogP contribution >= 0.6 is 0 Å². The molecule has 1 aromatic rings. The van der Waals surface area contributed by atoms with Gasteiger partial charge >= 0.3 is 5.97 Å². The maximum Gasteiger partial charge on any atom is 0.306 e. The molecule has 0 fully saturated rings. The molecule has 1 N–H and O–H groups in total. The number of aryl methyl sites for hydroxylation is 1. The van der Waals surface area contributed by atoms with Gasteiger partial charge in [-0.1, -0.05) is 39.2 Å². The van der Waals surface area contributed by atoms with Crippen LogP contribution in [0.3, 0.4) is 0 Å². The number of phenolic OH excluding ortho intramolecular Hbond substituents is 1. The summed E-state index contributed by atoms with van der Waals surface area (Å²) in [5.41, 5.74) is 0.738. The van der Waals surface area contributed by atoms with Crippen molar-refractivity contribution in [3.8, 4) is 5.75 Å². The molecule has 0 heterocycles. The monoisotopic (exact) mass is 277 g/mol. The molecule has 0 bridgehead atoms. The van der Waals surface area contributed by atoms with Crippen LogP contribution in [-0.2, 0) is 16.0 Å². The molecule has 3 heteroatoms. The number of ether oxygens (including phenoxy) is 1. The molecule has 0 aliphatic heterocycles. The van der Waals surface area contributed by atoms with E-state index in [1.807, 2.05) is 0 Å². The highest BCUT2D eigenvalue weighted by atomic mass is 16.5. The van der Waals surface area contributed by atoms with E-state index in [0.717, 1.165) is 18.4 Å². The Hall–Kier alpha value is -1.51. The minimum Gasteiger partial charge on any atom is -0.508 e. The minimum atomic E-state index is -0.191. The van der Waals surface area contributed by atoms with Gasteiger partial charge in [0, 0.05) is 6.42 Å². The number of rotatable bonds is 9. The summed E-state index contributed by atoms with van der Waals surface area (Å²) in [6, 6.07) is 7.83. The molecule has 1 aromatic carbocycles. The smallest absolute Gasteiger partial charge is 0.306 e. The van der Waals surface area contributed by atoms with E-state index in [9.17, 15) is 9.90 Å². The second-order valence-electron chi connectivity index (χ2n) is 5.15. The van der Waals surface area contributed by atoms with E-state index < -0.39 is 0 Å². The van der Waals surface area contributed by atoms with Crippen LogP contribution in [-0.4, -0.2) is 17.7 Å². The van der Waals surface area contributed by atoms with Crippen LogP contribution in [0, 0.1) is 12.0 Å². The number of esters is 1. The van der Waals surface area contributed by atoms with E-state index in [0.29, 0.717) is 25.4 Å². The second-order valence-corrected chi connectivity index (χ2v) is 5.15. The van der Waals surface area contributed by atoms with Crippen molar-refractivity contribution in [2.75, 3.05) is 6.61 Å². The number of benzene rings is 1. The zero-order valence-corrected chi connectivity index (χ0v) is 12.5. The quantitative estimate of drug-likeness (QED) is 0.697. The molecule has 0 amide bonds. The largest absolute Gasteiger partial charge is 0.508 e. The fourth-order valence-corrected chi connectivity index (χ4v) is 2.07. The summed E-state index contributed by atoms with van der Waals surface area (Å²) >= 11 is 0. The summed E-state index contributed by atoms with van der Waals surface area (Å²) in [4.78, 5) is 11.7. The second kappa shape index (κ2) is 9.40. The first-order valence-electron chi connectivity index (χ1n) is 7.50. The molecule has 1 rings (SSSR count). The van der Waals surface area contributed by atoms with Crippen molar-refractivity contribution >= 4 is 5.97 Å². The highest BCUT2D eigenvalue weighted by Crippen LogP contribution is 2.18. The van der Waals surface area contributed by atoms with Crippen molar-refractivity contribution in [2.24, 2.45) is 5.92 Å². The fraction of sp³-hybridized carbons (Fsp3) is 0.588. The zero-order chi connectivity index (χ0) is 14.8. The van der Waals surface area contributed by atoms with Crippen LogP contribution in [0.15, 0.2) is 18.2 Å². The Morgan fingerprint density at radius 2 is 2.25 bits per heavy atom. The molecule has 3 nitrogen and oxygen atoms in total. The summed E-state index contributed by atoms with van der Waals surface area (Å²) in [7, 11) is 0. The number of hydrogen-bond acceptors (Lipinski definition) is 3. The maximum absolute atomic E-state index is 11.7. The SMILES string of the molecule is CCCCC(CC)COC(=O)CCc1c[c]ccc1O. The van der Waals surface area contributed by atoms with E-state index in [4.69, 9.17) is 4.74 Å². The molecule has 1 atom stereocenters. The normalized spacial score (nSPS) is 12.1. The molecule has 0 aliphatic carbocycles. The van der Waals surface area contributed by atoms with Crippen molar-refractivity contribution in [3.63, 3.8) is 0 Å². The third-order valence-electron chi connectivity index (χ3n) is 3.55. The van der Waals surface area contributed by atoms with Crippen LogP contribution in [0.4, 0.5) is 0 Å². The van der Waals surface area contributed by atoms with Gasteiger partial charge in [0.05, 0.1) is 6.61 Å². The van der Waals surface area contributed by atoms with Gasteiger partial charge in [0.25, 0.3) is 0 Å². The van der Waals surface area contributed by atoms with Gasteiger partial charge in [-0.05, 0) is 42.5 Å². The van der Waals surface area contributed by atoms with Crippen LogP contribution < -0.4 is 0 Å². The standard InChI is InChI=1S/C17H25O3/c1-3-5-8-14(4-2)13-20-17(19)12-11-15-9-6-7-10-16(15)18/h7,9-10,14,18H,3-5,8,11-13H2,1-2H3. The van der Waals surface area contributed by atoms with Crippen molar-refractivity contribution in [2.45, 2.75) is 52.4 Å². The Bertz CT molecular complexity index is 401. The first-order chi connectivity index (χ1) is 9.67. The lowest BCUT2D eigenvalue weighted by atomic mass is 10.0. The molecule has 0 saturated carbocycles. The predicted octanol–water partition coefficient (Wildman–Crippen LogP) is 3.88. The van der Waals surface area contributed by atoms with Crippen LogP contribution in [0.5, 0.6) is 5.75 Å². The van der Waals surface area contributed by atoms with Crippen LogP contribution in [0.2, 0.25) is 0 Å².